The Morgan fingerprint density at radius 1 is 1.03 bits per heavy atom. The Morgan fingerprint density at radius 3 is 2.46 bits per heavy atom. The fourth-order valence-corrected chi connectivity index (χ4v) is 5.01. The van der Waals surface area contributed by atoms with Crippen LogP contribution in [0.3, 0.4) is 0 Å². The summed E-state index contributed by atoms with van der Waals surface area (Å²) < 4.78 is 32.8. The molecule has 37 heavy (non-hydrogen) atoms. The average molecular weight is 524 g/mol. The van der Waals surface area contributed by atoms with Crippen molar-refractivity contribution in [2.24, 2.45) is 0 Å². The Balaban J connectivity index is 1.47. The second-order valence-corrected chi connectivity index (χ2v) is 10.1. The van der Waals surface area contributed by atoms with E-state index < -0.39 is 5.92 Å². The summed E-state index contributed by atoms with van der Waals surface area (Å²) in [4.78, 5) is 13.0. The third-order valence-electron chi connectivity index (χ3n) is 7.10. The van der Waals surface area contributed by atoms with E-state index in [1.165, 1.54) is 0 Å². The van der Waals surface area contributed by atoms with E-state index in [9.17, 15) is 13.6 Å². The first kappa shape index (κ1) is 27.0. The van der Waals surface area contributed by atoms with Crippen molar-refractivity contribution in [3.05, 3.63) is 93.0 Å². The van der Waals surface area contributed by atoms with Crippen LogP contribution in [0.5, 0.6) is 5.75 Å². The van der Waals surface area contributed by atoms with E-state index in [0.29, 0.717) is 36.0 Å². The summed E-state index contributed by atoms with van der Waals surface area (Å²) in [5, 5.41) is 0.412. The van der Waals surface area contributed by atoms with Gasteiger partial charge in [-0.3, -0.25) is 9.69 Å². The number of rotatable bonds is 9. The van der Waals surface area contributed by atoms with Crippen LogP contribution >= 0.6 is 11.6 Å². The van der Waals surface area contributed by atoms with Gasteiger partial charge in [0.05, 0.1) is 11.6 Å². The highest BCUT2D eigenvalue weighted by molar-refractivity contribution is 6.32. The lowest BCUT2D eigenvalue weighted by Gasteiger charge is -2.16. The molecule has 0 N–H and O–H groups in total. The van der Waals surface area contributed by atoms with E-state index in [-0.39, 0.29) is 13.0 Å². The number of halogens is 3. The van der Waals surface area contributed by atoms with Gasteiger partial charge in [-0.15, -0.1) is 0 Å². The number of aldehydes is 1. The van der Waals surface area contributed by atoms with E-state index >= 15 is 0 Å². The van der Waals surface area contributed by atoms with Gasteiger partial charge < -0.3 is 4.74 Å². The number of aryl methyl sites for hydroxylation is 1. The minimum atomic E-state index is -2.54. The molecular weight excluding hydrogens is 492 g/mol. The molecule has 0 amide bonds. The molecule has 0 aliphatic carbocycles. The Bertz CT molecular complexity index is 1320. The predicted molar refractivity (Wildman–Crippen MR) is 147 cm³/mol. The maximum absolute atomic E-state index is 13.4. The van der Waals surface area contributed by atoms with Gasteiger partial charge >= 0.3 is 0 Å². The van der Waals surface area contributed by atoms with E-state index in [1.807, 2.05) is 30.0 Å². The molecule has 194 valence electrons. The lowest BCUT2D eigenvalue weighted by atomic mass is 9.91. The Morgan fingerprint density at radius 2 is 1.76 bits per heavy atom. The van der Waals surface area contributed by atoms with E-state index in [1.54, 1.807) is 12.1 Å². The van der Waals surface area contributed by atoms with Gasteiger partial charge in [0.15, 0.2) is 0 Å². The van der Waals surface area contributed by atoms with Gasteiger partial charge in [0.25, 0.3) is 5.92 Å². The van der Waals surface area contributed by atoms with Crippen LogP contribution in [0.2, 0.25) is 5.02 Å². The molecule has 0 spiro atoms. The van der Waals surface area contributed by atoms with Crippen molar-refractivity contribution in [3.8, 4) is 16.9 Å². The van der Waals surface area contributed by atoms with Crippen molar-refractivity contribution in [1.82, 2.24) is 4.90 Å². The summed E-state index contributed by atoms with van der Waals surface area (Å²) in [6, 6.07) is 15.8. The summed E-state index contributed by atoms with van der Waals surface area (Å²) in [7, 11) is 0. The standard InChI is InChI=1S/C31H32ClF2NO2/c1-21-16-30(29(32)17-26(21)18-36)37-19-25-10-7-12-28(23(25)3)27-11-6-9-24(22(27)2)8-4-5-14-35-15-13-31(33,34)20-35/h4,6-12,16-18H,5,13-15,19-20H2,1-3H3/b8-4+. The van der Waals surface area contributed by atoms with Crippen LogP contribution in [0.25, 0.3) is 17.2 Å². The number of benzene rings is 3. The van der Waals surface area contributed by atoms with Crippen molar-refractivity contribution in [1.29, 1.82) is 0 Å². The summed E-state index contributed by atoms with van der Waals surface area (Å²) >= 11 is 6.33. The molecule has 3 nitrogen and oxygen atoms in total. The van der Waals surface area contributed by atoms with Crippen LogP contribution in [0, 0.1) is 20.8 Å². The quantitative estimate of drug-likeness (QED) is 0.265. The van der Waals surface area contributed by atoms with Gasteiger partial charge in [-0.05, 0) is 78.3 Å². The zero-order chi connectivity index (χ0) is 26.6. The highest BCUT2D eigenvalue weighted by atomic mass is 35.5. The molecule has 6 heteroatoms. The van der Waals surface area contributed by atoms with Crippen LogP contribution in [0.15, 0.2) is 54.6 Å². The van der Waals surface area contributed by atoms with E-state index in [2.05, 4.69) is 44.2 Å². The third-order valence-corrected chi connectivity index (χ3v) is 7.40. The number of likely N-dealkylation sites (tertiary alicyclic amines) is 1. The fraction of sp³-hybridized carbons (Fsp3) is 0.323. The molecule has 1 saturated heterocycles. The Kier molecular flexibility index (Phi) is 8.46. The molecule has 0 atom stereocenters. The van der Waals surface area contributed by atoms with E-state index in [4.69, 9.17) is 16.3 Å². The fourth-order valence-electron chi connectivity index (χ4n) is 4.79. The zero-order valence-corrected chi connectivity index (χ0v) is 22.2. The van der Waals surface area contributed by atoms with Gasteiger partial charge in [-0.2, -0.15) is 0 Å². The summed E-state index contributed by atoms with van der Waals surface area (Å²) in [5.74, 6) is -1.99. The highest BCUT2D eigenvalue weighted by Crippen LogP contribution is 2.33. The molecule has 0 aromatic heterocycles. The van der Waals surface area contributed by atoms with Crippen LogP contribution < -0.4 is 4.74 Å². The number of ether oxygens (including phenoxy) is 1. The summed E-state index contributed by atoms with van der Waals surface area (Å²) in [6.07, 6.45) is 5.64. The largest absolute Gasteiger partial charge is 0.487 e. The van der Waals surface area contributed by atoms with E-state index in [0.717, 1.165) is 51.7 Å². The lowest BCUT2D eigenvalue weighted by Crippen LogP contribution is -2.25. The predicted octanol–water partition coefficient (Wildman–Crippen LogP) is 8.07. The maximum atomic E-state index is 13.4. The SMILES string of the molecule is Cc1cc(OCc2cccc(-c3cccc(/C=C/CCN4CCC(F)(F)C4)c3C)c2C)c(Cl)cc1C=O. The number of hydrogen-bond donors (Lipinski definition) is 0. The number of nitrogens with zero attached hydrogens (tertiary/aromatic N) is 1. The number of hydrogen-bond acceptors (Lipinski definition) is 3. The molecular formula is C31H32ClF2NO2. The van der Waals surface area contributed by atoms with Crippen molar-refractivity contribution in [2.75, 3.05) is 19.6 Å². The maximum Gasteiger partial charge on any atom is 0.261 e. The van der Waals surface area contributed by atoms with Crippen LogP contribution in [-0.4, -0.2) is 36.7 Å². The number of carbonyl (C=O) groups is 1. The number of alkyl halides is 2. The summed E-state index contributed by atoms with van der Waals surface area (Å²) in [5.41, 5.74) is 8.10. The zero-order valence-electron chi connectivity index (χ0n) is 21.5. The lowest BCUT2D eigenvalue weighted by molar-refractivity contribution is 0.0124. The van der Waals surface area contributed by atoms with Crippen LogP contribution in [0.1, 0.15) is 51.0 Å². The molecule has 3 aromatic rings. The molecule has 0 saturated carbocycles. The van der Waals surface area contributed by atoms with Crippen molar-refractivity contribution >= 4 is 24.0 Å². The van der Waals surface area contributed by atoms with Crippen molar-refractivity contribution in [3.63, 3.8) is 0 Å². The Labute approximate surface area is 222 Å². The second-order valence-electron chi connectivity index (χ2n) is 9.73. The van der Waals surface area contributed by atoms with Gasteiger partial charge in [0.2, 0.25) is 0 Å². The first-order valence-corrected chi connectivity index (χ1v) is 12.9. The average Bonchev–Trinajstić information content (AvgIpc) is 3.22. The molecule has 4 rings (SSSR count). The molecule has 1 heterocycles. The summed E-state index contributed by atoms with van der Waals surface area (Å²) in [6.45, 7) is 7.38. The third kappa shape index (κ3) is 6.46. The van der Waals surface area contributed by atoms with Crippen molar-refractivity contribution < 1.29 is 18.3 Å². The van der Waals surface area contributed by atoms with Gasteiger partial charge in [-0.1, -0.05) is 60.2 Å². The second kappa shape index (κ2) is 11.6. The smallest absolute Gasteiger partial charge is 0.261 e. The molecule has 1 aliphatic rings. The normalized spacial score (nSPS) is 15.4. The minimum absolute atomic E-state index is 0.0412. The van der Waals surface area contributed by atoms with Crippen LogP contribution in [0.4, 0.5) is 8.78 Å². The number of carbonyl (C=O) groups excluding carboxylic acids is 1. The van der Waals surface area contributed by atoms with Gasteiger partial charge in [0.1, 0.15) is 18.6 Å². The first-order valence-electron chi connectivity index (χ1n) is 12.5. The topological polar surface area (TPSA) is 29.5 Å². The highest BCUT2D eigenvalue weighted by Gasteiger charge is 2.37. The van der Waals surface area contributed by atoms with Crippen molar-refractivity contribution in [2.45, 2.75) is 46.1 Å². The van der Waals surface area contributed by atoms with Gasteiger partial charge in [0, 0.05) is 25.1 Å². The molecule has 1 aliphatic heterocycles. The monoisotopic (exact) mass is 523 g/mol. The molecule has 1 fully saturated rings. The molecule has 0 unspecified atom stereocenters. The molecule has 0 bridgehead atoms. The van der Waals surface area contributed by atoms with Crippen LogP contribution in [-0.2, 0) is 6.61 Å². The first-order chi connectivity index (χ1) is 17.7. The molecule has 0 radical (unpaired) electrons. The molecule has 3 aromatic carbocycles. The van der Waals surface area contributed by atoms with Gasteiger partial charge in [-0.25, -0.2) is 8.78 Å². The Hall–Kier alpha value is -3.02. The minimum Gasteiger partial charge on any atom is -0.487 e.